The lowest BCUT2D eigenvalue weighted by atomic mass is 10.0. The largest absolute Gasteiger partial charge is 0.444 e. The summed E-state index contributed by atoms with van der Waals surface area (Å²) in [6, 6.07) is 3.43. The number of ether oxygens (including phenoxy) is 1. The molecule has 0 bridgehead atoms. The fourth-order valence-electron chi connectivity index (χ4n) is 5.81. The first-order chi connectivity index (χ1) is 21.9. The zero-order chi connectivity index (χ0) is 34.7. The van der Waals surface area contributed by atoms with Gasteiger partial charge in [0.2, 0.25) is 17.7 Å². The van der Waals surface area contributed by atoms with E-state index < -0.39 is 75.0 Å². The first kappa shape index (κ1) is 35.9. The molecule has 3 aliphatic rings. The number of nitrogens with zero attached hydrogens (tertiary/aromatic N) is 1. The van der Waals surface area contributed by atoms with Crippen molar-refractivity contribution in [2.75, 3.05) is 11.9 Å². The third kappa shape index (κ3) is 8.69. The number of para-hydroxylation sites is 1. The number of likely N-dealkylation sites (tertiary alicyclic amines) is 1. The summed E-state index contributed by atoms with van der Waals surface area (Å²) >= 11 is 0. The fraction of sp³-hybridized carbons (Fsp3) is 0.594. The van der Waals surface area contributed by atoms with E-state index in [4.69, 9.17) is 4.74 Å². The molecule has 0 radical (unpaired) electrons. The highest BCUT2D eigenvalue weighted by Crippen LogP contribution is 2.46. The number of anilines is 1. The monoisotopic (exact) mass is 675 g/mol. The number of allylic oxidation sites excluding steroid dienone is 1. The van der Waals surface area contributed by atoms with Crippen LogP contribution in [-0.2, 0) is 33.9 Å². The molecular formula is C32H45N5O9S. The molecule has 5 amide bonds. The fourth-order valence-corrected chi connectivity index (χ4v) is 7.01. The van der Waals surface area contributed by atoms with Gasteiger partial charge >= 0.3 is 6.09 Å². The quantitative estimate of drug-likeness (QED) is 0.289. The molecule has 2 fully saturated rings. The van der Waals surface area contributed by atoms with Crippen LogP contribution in [0.15, 0.2) is 41.3 Å². The zero-order valence-corrected chi connectivity index (χ0v) is 28.2. The average Bonchev–Trinajstić information content (AvgIpc) is 3.51. The van der Waals surface area contributed by atoms with Gasteiger partial charge in [-0.05, 0) is 64.5 Å². The molecule has 0 aromatic heterocycles. The van der Waals surface area contributed by atoms with Crippen molar-refractivity contribution in [3.05, 3.63) is 36.4 Å². The number of carbonyl (C=O) groups excluding carboxylic acids is 5. The maximum atomic E-state index is 13.8. The SMILES string of the molecule is CC(C)[C@H](NC(=O)OC(C)(C)C)C(=O)N1C[C@H](O)C[C@H]1C(=O)N[C@]12C[C@H]1/C=C\CCCCC(=O)Nc1ccccc1S(=O)(=O)NC2=O. The van der Waals surface area contributed by atoms with Crippen molar-refractivity contribution in [1.29, 1.82) is 0 Å². The van der Waals surface area contributed by atoms with Crippen molar-refractivity contribution < 1.29 is 42.2 Å². The lowest BCUT2D eigenvalue weighted by Gasteiger charge is -2.31. The molecule has 258 valence electrons. The minimum atomic E-state index is -4.50. The van der Waals surface area contributed by atoms with Crippen LogP contribution in [0.2, 0.25) is 0 Å². The number of aliphatic hydroxyl groups is 1. The van der Waals surface area contributed by atoms with E-state index in [0.29, 0.717) is 19.3 Å². The molecule has 2 aliphatic heterocycles. The first-order valence-electron chi connectivity index (χ1n) is 15.9. The number of β-amino-alcohol motifs (C(OH)–C–C–N with tert-alkyl or cyclic N) is 1. The summed E-state index contributed by atoms with van der Waals surface area (Å²) in [5, 5.41) is 18.4. The van der Waals surface area contributed by atoms with Gasteiger partial charge in [-0.1, -0.05) is 38.1 Å². The number of amides is 5. The molecule has 0 spiro atoms. The number of carbonyl (C=O) groups is 5. The summed E-state index contributed by atoms with van der Waals surface area (Å²) in [7, 11) is -4.50. The standard InChI is InChI=1S/C32H45N5O9S/c1-19(2)26(34-30(43)46-31(3,4)5)28(41)37-18-21(38)16-23(37)27(40)35-32-17-20(32)12-8-6-7-9-15-25(39)33-22-13-10-11-14-24(22)47(44,45)36-29(32)42/h8,10-14,19-21,23,26,38H,6-7,9,15-18H2,1-5H3,(H,33,39)(H,34,43)(H,35,40)(H,36,42)/b12-8-/t20-,21-,23+,26+,32-/m1/s1. The van der Waals surface area contributed by atoms with Crippen LogP contribution in [-0.4, -0.2) is 84.0 Å². The molecule has 2 heterocycles. The molecule has 1 aromatic rings. The van der Waals surface area contributed by atoms with Gasteiger partial charge in [0.1, 0.15) is 28.1 Å². The number of nitrogens with one attached hydrogen (secondary N) is 4. The predicted octanol–water partition coefficient (Wildman–Crippen LogP) is 1.95. The molecule has 47 heavy (non-hydrogen) atoms. The molecule has 4 rings (SSSR count). The summed E-state index contributed by atoms with van der Waals surface area (Å²) in [6.07, 6.45) is 3.70. The van der Waals surface area contributed by atoms with Crippen LogP contribution in [0.25, 0.3) is 0 Å². The first-order valence-corrected chi connectivity index (χ1v) is 17.3. The van der Waals surface area contributed by atoms with Gasteiger partial charge in [-0.3, -0.25) is 19.2 Å². The molecule has 5 atom stereocenters. The molecule has 1 aromatic carbocycles. The highest BCUT2D eigenvalue weighted by atomic mass is 32.2. The second-order valence-electron chi connectivity index (χ2n) is 13.7. The van der Waals surface area contributed by atoms with Gasteiger partial charge in [-0.15, -0.1) is 0 Å². The van der Waals surface area contributed by atoms with Gasteiger partial charge in [0.15, 0.2) is 0 Å². The highest BCUT2D eigenvalue weighted by Gasteiger charge is 2.61. The second kappa shape index (κ2) is 14.0. The Hall–Kier alpha value is -3.98. The number of sulfonamides is 1. The molecule has 1 saturated carbocycles. The smallest absolute Gasteiger partial charge is 0.408 e. The van der Waals surface area contributed by atoms with Crippen LogP contribution >= 0.6 is 0 Å². The number of rotatable bonds is 5. The number of hydrogen-bond donors (Lipinski definition) is 5. The van der Waals surface area contributed by atoms with Crippen LogP contribution < -0.4 is 20.7 Å². The van der Waals surface area contributed by atoms with Crippen molar-refractivity contribution in [2.24, 2.45) is 11.8 Å². The van der Waals surface area contributed by atoms with E-state index in [9.17, 15) is 37.5 Å². The maximum absolute atomic E-state index is 13.8. The van der Waals surface area contributed by atoms with Crippen LogP contribution in [0.3, 0.4) is 0 Å². The normalized spacial score (nSPS) is 27.5. The Bertz CT molecular complexity index is 1540. The second-order valence-corrected chi connectivity index (χ2v) is 15.3. The minimum absolute atomic E-state index is 0.0185. The predicted molar refractivity (Wildman–Crippen MR) is 171 cm³/mol. The van der Waals surface area contributed by atoms with E-state index in [1.807, 2.05) is 6.08 Å². The Kier molecular flexibility index (Phi) is 10.7. The summed E-state index contributed by atoms with van der Waals surface area (Å²) in [4.78, 5) is 67.2. The third-order valence-electron chi connectivity index (χ3n) is 8.31. The number of alkyl carbamates (subject to hydrolysis) is 1. The van der Waals surface area contributed by atoms with Gasteiger partial charge in [0.05, 0.1) is 11.8 Å². The third-order valence-corrected chi connectivity index (χ3v) is 9.70. The Labute approximate surface area is 275 Å². The maximum Gasteiger partial charge on any atom is 0.408 e. The summed E-state index contributed by atoms with van der Waals surface area (Å²) < 4.78 is 34.3. The van der Waals surface area contributed by atoms with E-state index in [0.717, 1.165) is 0 Å². The van der Waals surface area contributed by atoms with Crippen LogP contribution in [0, 0.1) is 11.8 Å². The van der Waals surface area contributed by atoms with Crippen molar-refractivity contribution >= 4 is 45.4 Å². The Morgan fingerprint density at radius 1 is 1.13 bits per heavy atom. The number of benzene rings is 1. The Balaban J connectivity index is 1.59. The molecule has 1 saturated heterocycles. The minimum Gasteiger partial charge on any atom is -0.444 e. The number of aliphatic hydroxyl groups excluding tert-OH is 1. The molecule has 0 unspecified atom stereocenters. The van der Waals surface area contributed by atoms with Crippen molar-refractivity contribution in [3.63, 3.8) is 0 Å². The van der Waals surface area contributed by atoms with Crippen LogP contribution in [0.1, 0.15) is 73.1 Å². The van der Waals surface area contributed by atoms with Crippen LogP contribution in [0.4, 0.5) is 10.5 Å². The highest BCUT2D eigenvalue weighted by molar-refractivity contribution is 7.90. The van der Waals surface area contributed by atoms with E-state index in [1.54, 1.807) is 46.8 Å². The van der Waals surface area contributed by atoms with Crippen molar-refractivity contribution in [1.82, 2.24) is 20.3 Å². The van der Waals surface area contributed by atoms with Crippen molar-refractivity contribution in [2.45, 2.75) is 107 Å². The van der Waals surface area contributed by atoms with Gasteiger partial charge < -0.3 is 30.7 Å². The van der Waals surface area contributed by atoms with Crippen molar-refractivity contribution in [3.8, 4) is 0 Å². The van der Waals surface area contributed by atoms with Crippen LogP contribution in [0.5, 0.6) is 0 Å². The lowest BCUT2D eigenvalue weighted by Crippen LogP contribution is -2.59. The average molecular weight is 676 g/mol. The molecular weight excluding hydrogens is 630 g/mol. The summed E-state index contributed by atoms with van der Waals surface area (Å²) in [5.74, 6) is -3.64. The molecule has 15 heteroatoms. The molecule has 5 N–H and O–H groups in total. The van der Waals surface area contributed by atoms with E-state index in [1.165, 1.54) is 23.1 Å². The summed E-state index contributed by atoms with van der Waals surface area (Å²) in [6.45, 7) is 8.29. The zero-order valence-electron chi connectivity index (χ0n) is 27.4. The number of hydrogen-bond acceptors (Lipinski definition) is 9. The van der Waals surface area contributed by atoms with Gasteiger partial charge in [0, 0.05) is 25.3 Å². The van der Waals surface area contributed by atoms with Gasteiger partial charge in [-0.2, -0.15) is 0 Å². The Morgan fingerprint density at radius 2 is 1.83 bits per heavy atom. The van der Waals surface area contributed by atoms with Gasteiger partial charge in [0.25, 0.3) is 15.9 Å². The van der Waals surface area contributed by atoms with E-state index >= 15 is 0 Å². The van der Waals surface area contributed by atoms with E-state index in [-0.39, 0.29) is 42.3 Å². The Morgan fingerprint density at radius 3 is 2.51 bits per heavy atom. The molecule has 1 aliphatic carbocycles. The topological polar surface area (TPSA) is 200 Å². The number of fused-ring (bicyclic) bond motifs is 2. The molecule has 14 nitrogen and oxygen atoms in total. The summed E-state index contributed by atoms with van der Waals surface area (Å²) in [5.41, 5.74) is -2.44. The lowest BCUT2D eigenvalue weighted by molar-refractivity contribution is -0.141. The van der Waals surface area contributed by atoms with E-state index in [2.05, 4.69) is 20.7 Å². The van der Waals surface area contributed by atoms with Gasteiger partial charge in [-0.25, -0.2) is 17.9 Å².